The van der Waals surface area contributed by atoms with E-state index in [-0.39, 0.29) is 0 Å². The molecule has 0 aliphatic rings. The highest BCUT2D eigenvalue weighted by Gasteiger charge is 1.67. The molecule has 0 saturated heterocycles. The largest absolute Gasteiger partial charge is 0.0988 e. The van der Waals surface area contributed by atoms with E-state index in [4.69, 9.17) is 0 Å². The molecule has 0 spiro atoms. The Morgan fingerprint density at radius 1 is 1.27 bits per heavy atom. The lowest BCUT2D eigenvalue weighted by molar-refractivity contribution is 1.18. The van der Waals surface area contributed by atoms with Gasteiger partial charge in [-0.15, -0.1) is 0 Å². The minimum Gasteiger partial charge on any atom is -0.0988 e. The molecule has 0 unspecified atom stereocenters. The number of hydrogen-bond donors (Lipinski definition) is 0. The third-order valence-corrected chi connectivity index (χ3v) is 0.961. The number of rotatable bonds is 2. The van der Waals surface area contributed by atoms with E-state index < -0.39 is 0 Å². The van der Waals surface area contributed by atoms with E-state index in [9.17, 15) is 0 Å². The quantitative estimate of drug-likeness (QED) is 0.412. The minimum atomic E-state index is 1.02. The Morgan fingerprint density at radius 2 is 1.64 bits per heavy atom. The van der Waals surface area contributed by atoms with Gasteiger partial charge in [0.05, 0.1) is 0 Å². The second kappa shape index (κ2) is 9.22. The average molecular weight is 152 g/mol. The molecule has 0 radical (unpaired) electrons. The standard InChI is InChI=1S/C6H12.C5H8/c1-4-5-6(2)3;1-4-5(2)3/h5H,4H2,1-3H3;4H,1-2H2,3H3. The van der Waals surface area contributed by atoms with Gasteiger partial charge in [-0.1, -0.05) is 43.4 Å². The highest BCUT2D eigenvalue weighted by atomic mass is 13.7. The van der Waals surface area contributed by atoms with Crippen LogP contribution in [0.1, 0.15) is 34.1 Å². The Hall–Kier alpha value is -0.780. The summed E-state index contributed by atoms with van der Waals surface area (Å²) in [5.74, 6) is 0. The van der Waals surface area contributed by atoms with Crippen LogP contribution < -0.4 is 0 Å². The monoisotopic (exact) mass is 152 g/mol. The average Bonchev–Trinajstić information content (AvgIpc) is 1.89. The van der Waals surface area contributed by atoms with E-state index in [0.29, 0.717) is 0 Å². The third-order valence-electron chi connectivity index (χ3n) is 0.961. The molecule has 0 heteroatoms. The van der Waals surface area contributed by atoms with Gasteiger partial charge in [0.25, 0.3) is 0 Å². The molecule has 0 N–H and O–H groups in total. The van der Waals surface area contributed by atoms with Crippen molar-refractivity contribution in [3.63, 3.8) is 0 Å². The molecule has 0 saturated carbocycles. The smallest absolute Gasteiger partial charge is 0.0377 e. The van der Waals surface area contributed by atoms with Crippen molar-refractivity contribution >= 4 is 0 Å². The summed E-state index contributed by atoms with van der Waals surface area (Å²) in [5, 5.41) is 0. The van der Waals surface area contributed by atoms with Crippen LogP contribution in [0.3, 0.4) is 0 Å². The maximum absolute atomic E-state index is 3.56. The van der Waals surface area contributed by atoms with Crippen LogP contribution in [0.25, 0.3) is 0 Å². The molecule has 0 fully saturated rings. The van der Waals surface area contributed by atoms with Gasteiger partial charge in [-0.2, -0.15) is 0 Å². The van der Waals surface area contributed by atoms with Crippen molar-refractivity contribution in [2.24, 2.45) is 0 Å². The van der Waals surface area contributed by atoms with Crippen molar-refractivity contribution in [2.75, 3.05) is 0 Å². The molecule has 64 valence electrons. The van der Waals surface area contributed by atoms with E-state index in [0.717, 1.165) is 5.57 Å². The van der Waals surface area contributed by atoms with Gasteiger partial charge in [0.1, 0.15) is 0 Å². The van der Waals surface area contributed by atoms with Crippen molar-refractivity contribution in [1.82, 2.24) is 0 Å². The van der Waals surface area contributed by atoms with Crippen molar-refractivity contribution < 1.29 is 0 Å². The fourth-order valence-electron chi connectivity index (χ4n) is 0.408. The Labute approximate surface area is 71.3 Å². The predicted molar refractivity (Wildman–Crippen MR) is 54.7 cm³/mol. The topological polar surface area (TPSA) is 0 Å². The first kappa shape index (κ1) is 12.9. The zero-order chi connectivity index (χ0) is 9.28. The van der Waals surface area contributed by atoms with Crippen LogP contribution in [-0.2, 0) is 0 Å². The lowest BCUT2D eigenvalue weighted by Crippen LogP contribution is -1.58. The normalized spacial score (nSPS) is 7.27. The Kier molecular flexibility index (Phi) is 10.8. The lowest BCUT2D eigenvalue weighted by Gasteiger charge is -1.80. The Morgan fingerprint density at radius 3 is 1.64 bits per heavy atom. The molecular weight excluding hydrogens is 132 g/mol. The van der Waals surface area contributed by atoms with Crippen LogP contribution in [0.5, 0.6) is 0 Å². The third kappa shape index (κ3) is 27.0. The highest BCUT2D eigenvalue weighted by Crippen LogP contribution is 1.89. The van der Waals surface area contributed by atoms with Crippen LogP contribution in [0.15, 0.2) is 36.5 Å². The zero-order valence-corrected chi connectivity index (χ0v) is 8.28. The van der Waals surface area contributed by atoms with E-state index >= 15 is 0 Å². The van der Waals surface area contributed by atoms with Crippen LogP contribution in [0, 0.1) is 0 Å². The molecule has 0 aromatic heterocycles. The molecule has 0 atom stereocenters. The molecule has 0 rings (SSSR count). The van der Waals surface area contributed by atoms with E-state index in [1.165, 1.54) is 12.0 Å². The van der Waals surface area contributed by atoms with Crippen LogP contribution >= 0.6 is 0 Å². The first-order valence-corrected chi connectivity index (χ1v) is 3.95. The first-order valence-electron chi connectivity index (χ1n) is 3.95. The van der Waals surface area contributed by atoms with Crippen LogP contribution in [-0.4, -0.2) is 0 Å². The predicted octanol–water partition coefficient (Wildman–Crippen LogP) is 4.11. The van der Waals surface area contributed by atoms with Crippen LogP contribution in [0.4, 0.5) is 0 Å². The summed E-state index contributed by atoms with van der Waals surface area (Å²) in [6.07, 6.45) is 5.10. The molecule has 0 bridgehead atoms. The molecule has 0 aliphatic heterocycles. The van der Waals surface area contributed by atoms with Gasteiger partial charge >= 0.3 is 0 Å². The van der Waals surface area contributed by atoms with Gasteiger partial charge < -0.3 is 0 Å². The van der Waals surface area contributed by atoms with E-state index in [1.54, 1.807) is 6.08 Å². The van der Waals surface area contributed by atoms with Crippen molar-refractivity contribution in [3.8, 4) is 0 Å². The molecule has 0 aromatic rings. The number of allylic oxidation sites excluding steroid dienone is 4. The molecule has 0 aromatic carbocycles. The van der Waals surface area contributed by atoms with Crippen molar-refractivity contribution in [3.05, 3.63) is 36.5 Å². The maximum atomic E-state index is 3.56. The molecular formula is C11H20. The summed E-state index contributed by atoms with van der Waals surface area (Å²) < 4.78 is 0. The minimum absolute atomic E-state index is 1.02. The lowest BCUT2D eigenvalue weighted by atomic mass is 10.3. The van der Waals surface area contributed by atoms with Gasteiger partial charge in [-0.25, -0.2) is 0 Å². The summed E-state index contributed by atoms with van der Waals surface area (Å²) in [6, 6.07) is 0. The molecule has 11 heavy (non-hydrogen) atoms. The Balaban J connectivity index is 0. The van der Waals surface area contributed by atoms with Crippen molar-refractivity contribution in [2.45, 2.75) is 34.1 Å². The second-order valence-corrected chi connectivity index (χ2v) is 2.74. The number of hydrogen-bond acceptors (Lipinski definition) is 0. The fraction of sp³-hybridized carbons (Fsp3) is 0.455. The van der Waals surface area contributed by atoms with E-state index in [2.05, 4.69) is 40.0 Å². The van der Waals surface area contributed by atoms with Crippen LogP contribution in [0.2, 0.25) is 0 Å². The first-order chi connectivity index (χ1) is 5.04. The summed E-state index contributed by atoms with van der Waals surface area (Å²) in [5.41, 5.74) is 2.43. The molecule has 0 aliphatic carbocycles. The maximum Gasteiger partial charge on any atom is -0.0377 e. The second-order valence-electron chi connectivity index (χ2n) is 2.74. The van der Waals surface area contributed by atoms with E-state index in [1.807, 2.05) is 6.92 Å². The summed E-state index contributed by atoms with van der Waals surface area (Å²) >= 11 is 0. The van der Waals surface area contributed by atoms with Gasteiger partial charge in [-0.05, 0) is 27.2 Å². The SMILES string of the molecule is C=CC(=C)C.CCC=C(C)C. The van der Waals surface area contributed by atoms with Gasteiger partial charge in [-0.3, -0.25) is 0 Å². The molecule has 0 heterocycles. The summed E-state index contributed by atoms with van der Waals surface area (Å²) in [6.45, 7) is 15.3. The van der Waals surface area contributed by atoms with Crippen molar-refractivity contribution in [1.29, 1.82) is 0 Å². The summed E-state index contributed by atoms with van der Waals surface area (Å²) in [7, 11) is 0. The summed E-state index contributed by atoms with van der Waals surface area (Å²) in [4.78, 5) is 0. The Bertz CT molecular complexity index is 134. The van der Waals surface area contributed by atoms with Gasteiger partial charge in [0.15, 0.2) is 0 Å². The van der Waals surface area contributed by atoms with Gasteiger partial charge in [0, 0.05) is 0 Å². The van der Waals surface area contributed by atoms with Gasteiger partial charge in [0.2, 0.25) is 0 Å². The molecule has 0 nitrogen and oxygen atoms in total. The fourth-order valence-corrected chi connectivity index (χ4v) is 0.408. The molecule has 0 amide bonds. The highest BCUT2D eigenvalue weighted by molar-refractivity contribution is 5.05. The zero-order valence-electron chi connectivity index (χ0n) is 8.28.